The third-order valence-electron chi connectivity index (χ3n) is 1.99. The van der Waals surface area contributed by atoms with E-state index in [0.29, 0.717) is 5.82 Å². The highest BCUT2D eigenvalue weighted by Gasteiger charge is 2.18. The summed E-state index contributed by atoms with van der Waals surface area (Å²) in [5.74, 6) is 0.473. The maximum Gasteiger partial charge on any atom is 0.250 e. The average Bonchev–Trinajstić information content (AvgIpc) is 2.87. The third kappa shape index (κ3) is 2.92. The Labute approximate surface area is 111 Å². The predicted octanol–water partition coefficient (Wildman–Crippen LogP) is 1.42. The lowest BCUT2D eigenvalue weighted by Gasteiger charge is -2.01. The van der Waals surface area contributed by atoms with Gasteiger partial charge in [0.05, 0.1) is 10.3 Å². The van der Waals surface area contributed by atoms with Crippen LogP contribution in [0, 0.1) is 6.92 Å². The van der Waals surface area contributed by atoms with Crippen LogP contribution in [0.3, 0.4) is 0 Å². The molecule has 2 rings (SSSR count). The van der Waals surface area contributed by atoms with Crippen molar-refractivity contribution in [1.29, 1.82) is 0 Å². The molecule has 2 aromatic heterocycles. The molecular weight excluding hydrogens is 328 g/mol. The molecule has 0 atom stereocenters. The van der Waals surface area contributed by atoms with Crippen LogP contribution in [0.4, 0.5) is 0 Å². The van der Waals surface area contributed by atoms with E-state index in [2.05, 4.69) is 35.8 Å². The largest absolute Gasteiger partial charge is 0.262 e. The third-order valence-corrected chi connectivity index (χ3v) is 6.01. The number of aromatic amines is 1. The molecule has 0 saturated carbocycles. The molecule has 92 valence electrons. The van der Waals surface area contributed by atoms with Crippen molar-refractivity contribution in [3.8, 4) is 0 Å². The molecule has 2 aromatic rings. The Morgan fingerprint density at radius 1 is 1.59 bits per heavy atom. The molecule has 17 heavy (non-hydrogen) atoms. The predicted molar refractivity (Wildman–Crippen MR) is 67.2 cm³/mol. The van der Waals surface area contributed by atoms with Crippen LogP contribution in [0.5, 0.6) is 0 Å². The van der Waals surface area contributed by atoms with Crippen molar-refractivity contribution in [2.45, 2.75) is 17.7 Å². The summed E-state index contributed by atoms with van der Waals surface area (Å²) in [7, 11) is -3.49. The van der Waals surface area contributed by atoms with Crippen LogP contribution >= 0.6 is 27.3 Å². The summed E-state index contributed by atoms with van der Waals surface area (Å²) in [6, 6.07) is 1.62. The van der Waals surface area contributed by atoms with Crippen molar-refractivity contribution in [2.24, 2.45) is 0 Å². The summed E-state index contributed by atoms with van der Waals surface area (Å²) in [6.45, 7) is 1.94. The van der Waals surface area contributed by atoms with Crippen LogP contribution in [0.25, 0.3) is 0 Å². The molecule has 2 N–H and O–H groups in total. The lowest BCUT2D eigenvalue weighted by Crippen LogP contribution is -2.23. The number of H-pyrrole nitrogens is 1. The van der Waals surface area contributed by atoms with Crippen LogP contribution in [-0.4, -0.2) is 23.6 Å². The fourth-order valence-corrected chi connectivity index (χ4v) is 4.37. The molecule has 0 aliphatic carbocycles. The van der Waals surface area contributed by atoms with Gasteiger partial charge in [-0.2, -0.15) is 5.10 Å². The zero-order valence-corrected chi connectivity index (χ0v) is 12.0. The zero-order chi connectivity index (χ0) is 12.5. The molecule has 0 aliphatic rings. The number of nitrogens with one attached hydrogen (secondary N) is 2. The van der Waals surface area contributed by atoms with E-state index in [-0.39, 0.29) is 10.8 Å². The minimum absolute atomic E-state index is 0.0941. The van der Waals surface area contributed by atoms with Gasteiger partial charge in [0, 0.05) is 0 Å². The van der Waals surface area contributed by atoms with E-state index in [4.69, 9.17) is 0 Å². The van der Waals surface area contributed by atoms with Crippen LogP contribution in [0.1, 0.15) is 11.4 Å². The maximum atomic E-state index is 11.9. The van der Waals surface area contributed by atoms with Gasteiger partial charge in [0.1, 0.15) is 16.4 Å². The number of aromatic nitrogens is 3. The summed E-state index contributed by atoms with van der Waals surface area (Å²) in [5, 5.41) is 6.22. The van der Waals surface area contributed by atoms with Crippen LogP contribution < -0.4 is 4.72 Å². The molecule has 0 bridgehead atoms. The highest BCUT2D eigenvalue weighted by molar-refractivity contribution is 9.11. The fraction of sp³-hybridized carbons (Fsp3) is 0.250. The van der Waals surface area contributed by atoms with Gasteiger partial charge in [-0.1, -0.05) is 0 Å². The Hall–Kier alpha value is -0.770. The van der Waals surface area contributed by atoms with Crippen molar-refractivity contribution < 1.29 is 8.42 Å². The second kappa shape index (κ2) is 4.84. The molecule has 0 spiro atoms. The van der Waals surface area contributed by atoms with E-state index in [1.807, 2.05) is 6.92 Å². The minimum Gasteiger partial charge on any atom is -0.262 e. The summed E-state index contributed by atoms with van der Waals surface area (Å²) < 4.78 is 27.4. The normalized spacial score (nSPS) is 11.9. The number of halogens is 1. The van der Waals surface area contributed by atoms with Crippen LogP contribution in [0.15, 0.2) is 20.4 Å². The van der Waals surface area contributed by atoms with E-state index in [1.54, 1.807) is 6.07 Å². The van der Waals surface area contributed by atoms with E-state index < -0.39 is 10.0 Å². The average molecular weight is 337 g/mol. The Bertz CT molecular complexity index is 586. The maximum absolute atomic E-state index is 11.9. The number of thiophene rings is 1. The Kier molecular flexibility index (Phi) is 3.61. The summed E-state index contributed by atoms with van der Waals surface area (Å²) in [6.07, 6.45) is 1.33. The highest BCUT2D eigenvalue weighted by Crippen LogP contribution is 2.30. The second-order valence-corrected chi connectivity index (χ2v) is 7.64. The number of hydrogen-bond donors (Lipinski definition) is 2. The van der Waals surface area contributed by atoms with E-state index in [9.17, 15) is 8.42 Å². The first-order valence-electron chi connectivity index (χ1n) is 4.59. The van der Waals surface area contributed by atoms with Gasteiger partial charge in [0.15, 0.2) is 0 Å². The quantitative estimate of drug-likeness (QED) is 0.883. The van der Waals surface area contributed by atoms with Crippen molar-refractivity contribution in [3.63, 3.8) is 0 Å². The van der Waals surface area contributed by atoms with E-state index >= 15 is 0 Å². The SMILES string of the molecule is Cc1cc(S(=O)(=O)NCc2ncn[nH]2)sc1Br. The molecular formula is C8H9BrN4O2S2. The smallest absolute Gasteiger partial charge is 0.250 e. The number of nitrogens with zero attached hydrogens (tertiary/aromatic N) is 2. The summed E-state index contributed by atoms with van der Waals surface area (Å²) >= 11 is 4.47. The van der Waals surface area contributed by atoms with Crippen molar-refractivity contribution >= 4 is 37.3 Å². The molecule has 0 fully saturated rings. The molecule has 9 heteroatoms. The van der Waals surface area contributed by atoms with Gasteiger partial charge < -0.3 is 0 Å². The Morgan fingerprint density at radius 2 is 2.35 bits per heavy atom. The van der Waals surface area contributed by atoms with Crippen LogP contribution in [0.2, 0.25) is 0 Å². The summed E-state index contributed by atoms with van der Waals surface area (Å²) in [5.41, 5.74) is 0.898. The molecule has 2 heterocycles. The lowest BCUT2D eigenvalue weighted by atomic mass is 10.4. The van der Waals surface area contributed by atoms with Gasteiger partial charge in [-0.05, 0) is 34.5 Å². The first-order chi connectivity index (χ1) is 7.99. The Morgan fingerprint density at radius 3 is 2.88 bits per heavy atom. The number of aryl methyl sites for hydroxylation is 1. The van der Waals surface area contributed by atoms with Gasteiger partial charge in [-0.15, -0.1) is 11.3 Å². The molecule has 0 aliphatic heterocycles. The van der Waals surface area contributed by atoms with Crippen molar-refractivity contribution in [1.82, 2.24) is 19.9 Å². The first kappa shape index (κ1) is 12.7. The first-order valence-corrected chi connectivity index (χ1v) is 7.68. The minimum atomic E-state index is -3.49. The van der Waals surface area contributed by atoms with Gasteiger partial charge in [0.2, 0.25) is 0 Å². The molecule has 0 saturated heterocycles. The van der Waals surface area contributed by atoms with E-state index in [1.165, 1.54) is 17.7 Å². The molecule has 0 unspecified atom stereocenters. The summed E-state index contributed by atoms with van der Waals surface area (Å²) in [4.78, 5) is 3.84. The van der Waals surface area contributed by atoms with Gasteiger partial charge >= 0.3 is 0 Å². The lowest BCUT2D eigenvalue weighted by molar-refractivity contribution is 0.581. The van der Waals surface area contributed by atoms with Crippen molar-refractivity contribution in [3.05, 3.63) is 27.6 Å². The second-order valence-electron chi connectivity index (χ2n) is 3.28. The van der Waals surface area contributed by atoms with Gasteiger partial charge in [-0.25, -0.2) is 18.1 Å². The van der Waals surface area contributed by atoms with E-state index in [0.717, 1.165) is 9.35 Å². The van der Waals surface area contributed by atoms with Crippen molar-refractivity contribution in [2.75, 3.05) is 0 Å². The highest BCUT2D eigenvalue weighted by atomic mass is 79.9. The van der Waals surface area contributed by atoms with Gasteiger partial charge in [-0.3, -0.25) is 5.10 Å². The van der Waals surface area contributed by atoms with Gasteiger partial charge in [0.25, 0.3) is 10.0 Å². The van der Waals surface area contributed by atoms with Crippen LogP contribution in [-0.2, 0) is 16.6 Å². The monoisotopic (exact) mass is 336 g/mol. The molecule has 0 amide bonds. The fourth-order valence-electron chi connectivity index (χ4n) is 1.11. The zero-order valence-electron chi connectivity index (χ0n) is 8.77. The topological polar surface area (TPSA) is 87.7 Å². The Balaban J connectivity index is 2.14. The standard InChI is InChI=1S/C8H9BrN4O2S2/c1-5-2-7(16-8(5)9)17(14,15)12-3-6-10-4-11-13-6/h2,4,12H,3H2,1H3,(H,10,11,13). The molecule has 0 radical (unpaired) electrons. The number of hydrogen-bond acceptors (Lipinski definition) is 5. The molecule has 0 aromatic carbocycles. The number of rotatable bonds is 4. The molecule has 6 nitrogen and oxygen atoms in total. The number of sulfonamides is 1.